The van der Waals surface area contributed by atoms with Gasteiger partial charge in [0.05, 0.1) is 24.9 Å². The number of nitrogens with zero attached hydrogens (tertiary/aromatic N) is 1. The first-order valence-corrected chi connectivity index (χ1v) is 8.30. The predicted molar refractivity (Wildman–Crippen MR) is 99.5 cm³/mol. The standard InChI is InChI=1S/C18H19BrN2O4/c1-12(25-15-7-5-4-6-14(15)19)18(22)21-20-11-13-8-9-16(23-2)17(10-13)24-3/h4-12H,1-3H3,(H,21,22)/b20-11-/t12-/m1/s1. The van der Waals surface area contributed by atoms with Gasteiger partial charge in [-0.2, -0.15) is 5.10 Å². The number of methoxy groups -OCH3 is 2. The van der Waals surface area contributed by atoms with Crippen molar-refractivity contribution in [1.29, 1.82) is 0 Å². The van der Waals surface area contributed by atoms with E-state index in [0.717, 1.165) is 10.0 Å². The molecule has 25 heavy (non-hydrogen) atoms. The Labute approximate surface area is 154 Å². The number of benzene rings is 2. The number of para-hydroxylation sites is 1. The summed E-state index contributed by atoms with van der Waals surface area (Å²) in [5.41, 5.74) is 3.22. The minimum atomic E-state index is -0.693. The van der Waals surface area contributed by atoms with Gasteiger partial charge >= 0.3 is 0 Å². The molecule has 0 unspecified atom stereocenters. The van der Waals surface area contributed by atoms with Gasteiger partial charge in [0.1, 0.15) is 5.75 Å². The van der Waals surface area contributed by atoms with Crippen LogP contribution in [0.2, 0.25) is 0 Å². The highest BCUT2D eigenvalue weighted by Crippen LogP contribution is 2.27. The number of hydrogen-bond donors (Lipinski definition) is 1. The van der Waals surface area contributed by atoms with Crippen LogP contribution in [0.25, 0.3) is 0 Å². The molecule has 0 fully saturated rings. The summed E-state index contributed by atoms with van der Waals surface area (Å²) >= 11 is 3.37. The Morgan fingerprint density at radius 1 is 1.12 bits per heavy atom. The minimum absolute atomic E-state index is 0.354. The van der Waals surface area contributed by atoms with Crippen molar-refractivity contribution in [3.8, 4) is 17.2 Å². The molecular weight excluding hydrogens is 388 g/mol. The van der Waals surface area contributed by atoms with Crippen LogP contribution in [0, 0.1) is 0 Å². The number of carbonyl (C=O) groups excluding carboxylic acids is 1. The Bertz CT molecular complexity index is 764. The van der Waals surface area contributed by atoms with Crippen LogP contribution in [0.1, 0.15) is 12.5 Å². The summed E-state index contributed by atoms with van der Waals surface area (Å²) in [6, 6.07) is 12.7. The molecule has 2 aromatic carbocycles. The van der Waals surface area contributed by atoms with Gasteiger partial charge in [0, 0.05) is 0 Å². The lowest BCUT2D eigenvalue weighted by Gasteiger charge is -2.14. The van der Waals surface area contributed by atoms with Crippen molar-refractivity contribution in [3.63, 3.8) is 0 Å². The molecule has 1 atom stereocenters. The van der Waals surface area contributed by atoms with Crippen molar-refractivity contribution in [2.75, 3.05) is 14.2 Å². The quantitative estimate of drug-likeness (QED) is 0.565. The van der Waals surface area contributed by atoms with Crippen LogP contribution in [-0.4, -0.2) is 32.4 Å². The number of amides is 1. The Morgan fingerprint density at radius 3 is 2.52 bits per heavy atom. The molecule has 2 aromatic rings. The Balaban J connectivity index is 1.95. The molecule has 0 spiro atoms. The normalized spacial score (nSPS) is 11.8. The zero-order valence-electron chi connectivity index (χ0n) is 14.2. The third kappa shape index (κ3) is 5.22. The maximum Gasteiger partial charge on any atom is 0.280 e. The zero-order valence-corrected chi connectivity index (χ0v) is 15.7. The van der Waals surface area contributed by atoms with E-state index in [-0.39, 0.29) is 5.91 Å². The summed E-state index contributed by atoms with van der Waals surface area (Å²) in [5.74, 6) is 1.45. The molecule has 1 N–H and O–H groups in total. The van der Waals surface area contributed by atoms with Crippen LogP contribution in [0.5, 0.6) is 17.2 Å². The molecule has 0 saturated carbocycles. The lowest BCUT2D eigenvalue weighted by molar-refractivity contribution is -0.127. The molecule has 0 bridgehead atoms. The largest absolute Gasteiger partial charge is 0.493 e. The maximum absolute atomic E-state index is 12.1. The second-order valence-electron chi connectivity index (χ2n) is 5.04. The van der Waals surface area contributed by atoms with E-state index in [1.165, 1.54) is 6.21 Å². The van der Waals surface area contributed by atoms with Gasteiger partial charge in [0.15, 0.2) is 17.6 Å². The first-order chi connectivity index (χ1) is 12.0. The Hall–Kier alpha value is -2.54. The highest BCUT2D eigenvalue weighted by molar-refractivity contribution is 9.10. The number of hydrogen-bond acceptors (Lipinski definition) is 5. The average Bonchev–Trinajstić information content (AvgIpc) is 2.63. The summed E-state index contributed by atoms with van der Waals surface area (Å²) in [4.78, 5) is 12.1. The molecule has 0 aliphatic carbocycles. The Kier molecular flexibility index (Phi) is 6.82. The van der Waals surface area contributed by atoms with Crippen molar-refractivity contribution in [2.24, 2.45) is 5.10 Å². The van der Waals surface area contributed by atoms with E-state index < -0.39 is 6.10 Å². The van der Waals surface area contributed by atoms with Crippen LogP contribution >= 0.6 is 15.9 Å². The smallest absolute Gasteiger partial charge is 0.280 e. The van der Waals surface area contributed by atoms with Crippen molar-refractivity contribution < 1.29 is 19.0 Å². The number of carbonyl (C=O) groups is 1. The molecule has 0 aromatic heterocycles. The number of hydrazone groups is 1. The van der Waals surface area contributed by atoms with E-state index in [1.54, 1.807) is 45.4 Å². The molecule has 0 saturated heterocycles. The van der Waals surface area contributed by atoms with Gasteiger partial charge in [0.2, 0.25) is 0 Å². The SMILES string of the molecule is COc1ccc(/C=N\NC(=O)[C@@H](C)Oc2ccccc2Br)cc1OC. The first kappa shape index (κ1) is 18.8. The number of halogens is 1. The second-order valence-corrected chi connectivity index (χ2v) is 5.89. The lowest BCUT2D eigenvalue weighted by Crippen LogP contribution is -2.33. The molecule has 132 valence electrons. The van der Waals surface area contributed by atoms with E-state index in [1.807, 2.05) is 18.2 Å². The topological polar surface area (TPSA) is 69.2 Å². The van der Waals surface area contributed by atoms with Crippen molar-refractivity contribution >= 4 is 28.1 Å². The summed E-state index contributed by atoms with van der Waals surface area (Å²) in [6.07, 6.45) is 0.826. The first-order valence-electron chi connectivity index (χ1n) is 7.51. The fourth-order valence-corrected chi connectivity index (χ4v) is 2.36. The van der Waals surface area contributed by atoms with Gasteiger partial charge in [0.25, 0.3) is 5.91 Å². The van der Waals surface area contributed by atoms with Crippen LogP contribution in [0.15, 0.2) is 52.0 Å². The third-order valence-electron chi connectivity index (χ3n) is 3.31. The summed E-state index contributed by atoms with van der Waals surface area (Å²) in [5, 5.41) is 3.94. The highest BCUT2D eigenvalue weighted by Gasteiger charge is 2.15. The van der Waals surface area contributed by atoms with Gasteiger partial charge in [-0.1, -0.05) is 12.1 Å². The van der Waals surface area contributed by atoms with Crippen LogP contribution in [-0.2, 0) is 4.79 Å². The molecule has 2 rings (SSSR count). The van der Waals surface area contributed by atoms with Gasteiger partial charge < -0.3 is 14.2 Å². The molecule has 1 amide bonds. The van der Waals surface area contributed by atoms with E-state index in [2.05, 4.69) is 26.5 Å². The summed E-state index contributed by atoms with van der Waals surface area (Å²) in [7, 11) is 3.12. The minimum Gasteiger partial charge on any atom is -0.493 e. The van der Waals surface area contributed by atoms with Gasteiger partial charge in [-0.25, -0.2) is 5.43 Å². The molecule has 0 aliphatic heterocycles. The number of nitrogens with one attached hydrogen (secondary N) is 1. The van der Waals surface area contributed by atoms with Gasteiger partial charge in [-0.3, -0.25) is 4.79 Å². The molecular formula is C18H19BrN2O4. The Morgan fingerprint density at radius 2 is 1.84 bits per heavy atom. The molecule has 0 aliphatic rings. The fourth-order valence-electron chi connectivity index (χ4n) is 1.98. The van der Waals surface area contributed by atoms with Crippen LogP contribution < -0.4 is 19.6 Å². The van der Waals surface area contributed by atoms with Crippen molar-refractivity contribution in [2.45, 2.75) is 13.0 Å². The number of ether oxygens (including phenoxy) is 3. The van der Waals surface area contributed by atoms with Gasteiger partial charge in [-0.05, 0) is 58.7 Å². The molecule has 6 nitrogen and oxygen atoms in total. The summed E-state index contributed by atoms with van der Waals surface area (Å²) in [6.45, 7) is 1.65. The maximum atomic E-state index is 12.1. The lowest BCUT2D eigenvalue weighted by atomic mass is 10.2. The van der Waals surface area contributed by atoms with Gasteiger partial charge in [-0.15, -0.1) is 0 Å². The molecule has 0 radical (unpaired) electrons. The van der Waals surface area contributed by atoms with Crippen LogP contribution in [0.3, 0.4) is 0 Å². The van der Waals surface area contributed by atoms with E-state index in [0.29, 0.717) is 17.2 Å². The zero-order chi connectivity index (χ0) is 18.2. The summed E-state index contributed by atoms with van der Waals surface area (Å²) < 4.78 is 16.8. The fraction of sp³-hybridized carbons (Fsp3) is 0.222. The van der Waals surface area contributed by atoms with Crippen LogP contribution in [0.4, 0.5) is 0 Å². The third-order valence-corrected chi connectivity index (χ3v) is 3.96. The van der Waals surface area contributed by atoms with E-state index in [9.17, 15) is 4.79 Å². The van der Waals surface area contributed by atoms with E-state index in [4.69, 9.17) is 14.2 Å². The number of rotatable bonds is 7. The van der Waals surface area contributed by atoms with Crippen molar-refractivity contribution in [1.82, 2.24) is 5.43 Å². The average molecular weight is 407 g/mol. The molecule has 0 heterocycles. The molecule has 7 heteroatoms. The monoisotopic (exact) mass is 406 g/mol. The predicted octanol–water partition coefficient (Wildman–Crippen LogP) is 3.38. The van der Waals surface area contributed by atoms with Crippen molar-refractivity contribution in [3.05, 3.63) is 52.5 Å². The highest BCUT2D eigenvalue weighted by atomic mass is 79.9. The second kappa shape index (κ2) is 9.08. The van der Waals surface area contributed by atoms with E-state index >= 15 is 0 Å².